The van der Waals surface area contributed by atoms with E-state index in [4.69, 9.17) is 26.2 Å². The molecule has 0 unspecified atom stereocenters. The first-order chi connectivity index (χ1) is 10.7. The van der Waals surface area contributed by atoms with E-state index < -0.39 is 0 Å². The minimum Gasteiger partial charge on any atom is -0.493 e. The van der Waals surface area contributed by atoms with Crippen LogP contribution in [0.2, 0.25) is 5.02 Å². The molecule has 4 nitrogen and oxygen atoms in total. The van der Waals surface area contributed by atoms with Gasteiger partial charge in [0.2, 0.25) is 0 Å². The maximum Gasteiger partial charge on any atom is 0.170 e. The summed E-state index contributed by atoms with van der Waals surface area (Å²) in [5.74, 6) is 1.46. The van der Waals surface area contributed by atoms with Gasteiger partial charge < -0.3 is 19.9 Å². The van der Waals surface area contributed by atoms with Gasteiger partial charge in [0, 0.05) is 5.02 Å². The third-order valence-electron chi connectivity index (χ3n) is 3.27. The van der Waals surface area contributed by atoms with E-state index in [0.29, 0.717) is 23.9 Å². The normalized spacial score (nSPS) is 10.5. The lowest BCUT2D eigenvalue weighted by molar-refractivity contribution is -0.671. The maximum atomic E-state index is 8.89. The highest BCUT2D eigenvalue weighted by Gasteiger charge is 2.12. The lowest BCUT2D eigenvalue weighted by Crippen LogP contribution is -2.83. The average molecular weight is 323 g/mol. The Morgan fingerprint density at radius 1 is 1.14 bits per heavy atom. The number of quaternary nitrogens is 1. The van der Waals surface area contributed by atoms with Gasteiger partial charge in [0.15, 0.2) is 11.5 Å². The summed E-state index contributed by atoms with van der Waals surface area (Å²) in [6.07, 6.45) is 0. The molecule has 3 N–H and O–H groups in total. The number of para-hydroxylation sites is 1. The second-order valence-corrected chi connectivity index (χ2v) is 5.31. The molecule has 2 rings (SSSR count). The van der Waals surface area contributed by atoms with Crippen LogP contribution in [0.25, 0.3) is 0 Å². The second-order valence-electron chi connectivity index (χ2n) is 4.87. The Hall–Kier alpha value is -1.75. The predicted molar refractivity (Wildman–Crippen MR) is 86.4 cm³/mol. The number of nitrogens with two attached hydrogens (primary N) is 1. The molecule has 0 spiro atoms. The summed E-state index contributed by atoms with van der Waals surface area (Å²) in [5.41, 5.74) is 2.09. The number of hydrogen-bond donors (Lipinski definition) is 2. The molecule has 0 radical (unpaired) electrons. The SMILES string of the molecule is COc1cccc(C[NH2+]CCO)c1OCc1ccc(Cl)cc1. The molecule has 5 heteroatoms. The topological polar surface area (TPSA) is 55.3 Å². The van der Waals surface area contributed by atoms with Crippen LogP contribution in [0.15, 0.2) is 42.5 Å². The Morgan fingerprint density at radius 2 is 1.91 bits per heavy atom. The van der Waals surface area contributed by atoms with Gasteiger partial charge in [0.25, 0.3) is 0 Å². The summed E-state index contributed by atoms with van der Waals surface area (Å²) in [6.45, 7) is 2.00. The molecule has 0 saturated heterocycles. The molecule has 2 aromatic carbocycles. The zero-order valence-electron chi connectivity index (χ0n) is 12.6. The number of aliphatic hydroxyl groups is 1. The summed E-state index contributed by atoms with van der Waals surface area (Å²) in [6, 6.07) is 13.4. The number of halogens is 1. The summed E-state index contributed by atoms with van der Waals surface area (Å²) in [4.78, 5) is 0. The third kappa shape index (κ3) is 4.63. The highest BCUT2D eigenvalue weighted by atomic mass is 35.5. The van der Waals surface area contributed by atoms with Crippen molar-refractivity contribution in [2.75, 3.05) is 20.3 Å². The van der Waals surface area contributed by atoms with E-state index in [1.165, 1.54) is 0 Å². The van der Waals surface area contributed by atoms with Gasteiger partial charge in [-0.1, -0.05) is 29.8 Å². The van der Waals surface area contributed by atoms with Crippen LogP contribution in [0, 0.1) is 0 Å². The molecule has 2 aromatic rings. The fourth-order valence-electron chi connectivity index (χ4n) is 2.13. The number of benzene rings is 2. The quantitative estimate of drug-likeness (QED) is 0.731. The van der Waals surface area contributed by atoms with Crippen molar-refractivity contribution >= 4 is 11.6 Å². The molecule has 0 amide bonds. The van der Waals surface area contributed by atoms with Crippen molar-refractivity contribution in [3.05, 3.63) is 58.6 Å². The number of ether oxygens (including phenoxy) is 2. The molecule has 0 aliphatic heterocycles. The average Bonchev–Trinajstić information content (AvgIpc) is 2.55. The van der Waals surface area contributed by atoms with E-state index in [0.717, 1.165) is 23.4 Å². The molecular weight excluding hydrogens is 302 g/mol. The minimum atomic E-state index is 0.158. The highest BCUT2D eigenvalue weighted by Crippen LogP contribution is 2.31. The van der Waals surface area contributed by atoms with Gasteiger partial charge in [-0.15, -0.1) is 0 Å². The van der Waals surface area contributed by atoms with Gasteiger partial charge in [0.1, 0.15) is 13.2 Å². The van der Waals surface area contributed by atoms with Crippen molar-refractivity contribution in [3.8, 4) is 11.5 Å². The zero-order valence-corrected chi connectivity index (χ0v) is 13.3. The molecule has 0 heterocycles. The van der Waals surface area contributed by atoms with Crippen LogP contribution in [0.4, 0.5) is 0 Å². The van der Waals surface area contributed by atoms with E-state index in [-0.39, 0.29) is 6.61 Å². The maximum absolute atomic E-state index is 8.89. The van der Waals surface area contributed by atoms with E-state index in [1.54, 1.807) is 7.11 Å². The Kier molecular flexibility index (Phi) is 6.52. The molecule has 118 valence electrons. The summed E-state index contributed by atoms with van der Waals surface area (Å²) >= 11 is 5.89. The van der Waals surface area contributed by atoms with Crippen LogP contribution in [0.5, 0.6) is 11.5 Å². The van der Waals surface area contributed by atoms with Crippen LogP contribution in [0.1, 0.15) is 11.1 Å². The van der Waals surface area contributed by atoms with Crippen LogP contribution in [-0.4, -0.2) is 25.4 Å². The van der Waals surface area contributed by atoms with Crippen molar-refractivity contribution in [1.29, 1.82) is 0 Å². The Bertz CT molecular complexity index is 587. The number of rotatable bonds is 8. The van der Waals surface area contributed by atoms with Gasteiger partial charge in [-0.3, -0.25) is 0 Å². The van der Waals surface area contributed by atoms with Crippen molar-refractivity contribution in [2.24, 2.45) is 0 Å². The standard InChI is InChI=1S/C17H20ClNO3/c1-21-16-4-2-3-14(11-19-9-10-20)17(16)22-12-13-5-7-15(18)8-6-13/h2-8,19-20H,9-12H2,1H3/p+1. The van der Waals surface area contributed by atoms with Gasteiger partial charge in [-0.25, -0.2) is 0 Å². The van der Waals surface area contributed by atoms with Crippen molar-refractivity contribution in [2.45, 2.75) is 13.2 Å². The van der Waals surface area contributed by atoms with Gasteiger partial charge in [-0.05, 0) is 29.8 Å². The fraction of sp³-hybridized carbons (Fsp3) is 0.294. The van der Waals surface area contributed by atoms with Gasteiger partial charge in [-0.2, -0.15) is 0 Å². The summed E-state index contributed by atoms with van der Waals surface area (Å²) in [7, 11) is 1.63. The van der Waals surface area contributed by atoms with Crippen LogP contribution in [-0.2, 0) is 13.2 Å². The lowest BCUT2D eigenvalue weighted by Gasteiger charge is -2.14. The molecule has 22 heavy (non-hydrogen) atoms. The van der Waals surface area contributed by atoms with E-state index in [1.807, 2.05) is 47.8 Å². The lowest BCUT2D eigenvalue weighted by atomic mass is 10.1. The van der Waals surface area contributed by atoms with E-state index in [2.05, 4.69) is 0 Å². The number of aliphatic hydroxyl groups excluding tert-OH is 1. The number of hydrogen-bond acceptors (Lipinski definition) is 3. The smallest absolute Gasteiger partial charge is 0.170 e. The zero-order chi connectivity index (χ0) is 15.8. The minimum absolute atomic E-state index is 0.158. The molecular formula is C17H21ClNO3+. The van der Waals surface area contributed by atoms with Gasteiger partial charge in [0.05, 0.1) is 25.8 Å². The van der Waals surface area contributed by atoms with Gasteiger partial charge >= 0.3 is 0 Å². The van der Waals surface area contributed by atoms with E-state index >= 15 is 0 Å². The Morgan fingerprint density at radius 3 is 2.59 bits per heavy atom. The molecule has 0 bridgehead atoms. The summed E-state index contributed by atoms with van der Waals surface area (Å²) in [5, 5.41) is 11.6. The van der Waals surface area contributed by atoms with Crippen molar-refractivity contribution in [3.63, 3.8) is 0 Å². The van der Waals surface area contributed by atoms with Crippen LogP contribution >= 0.6 is 11.6 Å². The number of methoxy groups -OCH3 is 1. The monoisotopic (exact) mass is 322 g/mol. The summed E-state index contributed by atoms with van der Waals surface area (Å²) < 4.78 is 11.4. The third-order valence-corrected chi connectivity index (χ3v) is 3.53. The van der Waals surface area contributed by atoms with E-state index in [9.17, 15) is 0 Å². The van der Waals surface area contributed by atoms with Crippen LogP contribution in [0.3, 0.4) is 0 Å². The largest absolute Gasteiger partial charge is 0.493 e. The Balaban J connectivity index is 2.11. The predicted octanol–water partition coefficient (Wildman–Crippen LogP) is 1.98. The molecule has 0 fully saturated rings. The second kappa shape index (κ2) is 8.63. The first kappa shape index (κ1) is 16.6. The molecule has 0 atom stereocenters. The highest BCUT2D eigenvalue weighted by molar-refractivity contribution is 6.30. The fourth-order valence-corrected chi connectivity index (χ4v) is 2.26. The van der Waals surface area contributed by atoms with Crippen molar-refractivity contribution in [1.82, 2.24) is 0 Å². The van der Waals surface area contributed by atoms with Crippen molar-refractivity contribution < 1.29 is 19.9 Å². The molecule has 0 aromatic heterocycles. The molecule has 0 aliphatic carbocycles. The Labute approximate surface area is 135 Å². The first-order valence-corrected chi connectivity index (χ1v) is 7.58. The molecule has 0 saturated carbocycles. The first-order valence-electron chi connectivity index (χ1n) is 7.20. The van der Waals surface area contributed by atoms with Crippen LogP contribution < -0.4 is 14.8 Å². The molecule has 0 aliphatic rings.